The maximum absolute atomic E-state index is 13.9. The smallest absolute Gasteiger partial charge is 0.242 e. The molecule has 120 valence electrons. The second-order valence-corrected chi connectivity index (χ2v) is 6.36. The Hall–Kier alpha value is -1.62. The standard InChI is InChI=1S/C17H23FN2O2/c1-19-9-3-7-17(16(19)21)8-4-10-20(17)12-13-5-6-15(22-2)14(18)11-13/h5-6,11H,3-4,7-10,12H2,1-2H3. The van der Waals surface area contributed by atoms with E-state index < -0.39 is 0 Å². The van der Waals surface area contributed by atoms with Crippen LogP contribution in [0.4, 0.5) is 4.39 Å². The number of benzene rings is 1. The highest BCUT2D eigenvalue weighted by molar-refractivity contribution is 5.87. The van der Waals surface area contributed by atoms with Gasteiger partial charge in [0.25, 0.3) is 0 Å². The van der Waals surface area contributed by atoms with Crippen LogP contribution in [0, 0.1) is 5.82 Å². The Labute approximate surface area is 130 Å². The third kappa shape index (κ3) is 2.47. The normalized spacial score (nSPS) is 26.0. The monoisotopic (exact) mass is 306 g/mol. The van der Waals surface area contributed by atoms with Gasteiger partial charge in [0.05, 0.1) is 7.11 Å². The van der Waals surface area contributed by atoms with Crippen molar-refractivity contribution < 1.29 is 13.9 Å². The van der Waals surface area contributed by atoms with Crippen molar-refractivity contribution in [1.29, 1.82) is 0 Å². The van der Waals surface area contributed by atoms with Crippen LogP contribution in [0.3, 0.4) is 0 Å². The van der Waals surface area contributed by atoms with Gasteiger partial charge in [-0.15, -0.1) is 0 Å². The van der Waals surface area contributed by atoms with Crippen LogP contribution >= 0.6 is 0 Å². The van der Waals surface area contributed by atoms with Crippen LogP contribution in [0.15, 0.2) is 18.2 Å². The summed E-state index contributed by atoms with van der Waals surface area (Å²) >= 11 is 0. The molecule has 1 aromatic carbocycles. The maximum Gasteiger partial charge on any atom is 0.242 e. The van der Waals surface area contributed by atoms with E-state index in [1.165, 1.54) is 13.2 Å². The molecule has 0 N–H and O–H groups in total. The number of hydrogen-bond acceptors (Lipinski definition) is 3. The molecule has 2 heterocycles. The number of methoxy groups -OCH3 is 1. The van der Waals surface area contributed by atoms with E-state index >= 15 is 0 Å². The lowest BCUT2D eigenvalue weighted by Gasteiger charge is -2.43. The molecule has 1 atom stereocenters. The Morgan fingerprint density at radius 1 is 1.27 bits per heavy atom. The van der Waals surface area contributed by atoms with Gasteiger partial charge in [0, 0.05) is 20.1 Å². The number of rotatable bonds is 3. The summed E-state index contributed by atoms with van der Waals surface area (Å²) in [5.74, 6) is 0.138. The van der Waals surface area contributed by atoms with Gasteiger partial charge in [-0.1, -0.05) is 6.07 Å². The van der Waals surface area contributed by atoms with Gasteiger partial charge in [0.2, 0.25) is 5.91 Å². The van der Waals surface area contributed by atoms with Crippen molar-refractivity contribution in [3.05, 3.63) is 29.6 Å². The first kappa shape index (κ1) is 15.3. The third-order valence-corrected chi connectivity index (χ3v) is 5.04. The van der Waals surface area contributed by atoms with Gasteiger partial charge in [0.15, 0.2) is 11.6 Å². The molecule has 5 heteroatoms. The molecule has 2 aliphatic rings. The molecule has 0 aromatic heterocycles. The quantitative estimate of drug-likeness (QED) is 0.860. The zero-order valence-electron chi connectivity index (χ0n) is 13.3. The van der Waals surface area contributed by atoms with E-state index in [9.17, 15) is 9.18 Å². The van der Waals surface area contributed by atoms with Gasteiger partial charge in [-0.25, -0.2) is 4.39 Å². The minimum absolute atomic E-state index is 0.227. The van der Waals surface area contributed by atoms with E-state index in [2.05, 4.69) is 4.90 Å². The average Bonchev–Trinajstić information content (AvgIpc) is 2.89. The van der Waals surface area contributed by atoms with Gasteiger partial charge in [-0.05, 0) is 49.9 Å². The van der Waals surface area contributed by atoms with E-state index in [1.54, 1.807) is 6.07 Å². The average molecular weight is 306 g/mol. The number of nitrogens with zero attached hydrogens (tertiary/aromatic N) is 2. The van der Waals surface area contributed by atoms with E-state index in [-0.39, 0.29) is 23.0 Å². The molecule has 4 nitrogen and oxygen atoms in total. The number of ether oxygens (including phenoxy) is 1. The number of amides is 1. The molecule has 1 aromatic rings. The molecule has 3 rings (SSSR count). The largest absolute Gasteiger partial charge is 0.494 e. The van der Waals surface area contributed by atoms with Crippen LogP contribution in [0.25, 0.3) is 0 Å². The summed E-state index contributed by atoms with van der Waals surface area (Å²) in [6.07, 6.45) is 3.89. The predicted molar refractivity (Wildman–Crippen MR) is 82.2 cm³/mol. The van der Waals surface area contributed by atoms with Gasteiger partial charge >= 0.3 is 0 Å². The topological polar surface area (TPSA) is 32.8 Å². The molecule has 2 aliphatic heterocycles. The number of halogens is 1. The molecule has 1 amide bonds. The second kappa shape index (κ2) is 5.88. The molecule has 0 saturated carbocycles. The Balaban J connectivity index is 1.82. The maximum atomic E-state index is 13.9. The lowest BCUT2D eigenvalue weighted by molar-refractivity contribution is -0.146. The van der Waals surface area contributed by atoms with E-state index in [0.29, 0.717) is 6.54 Å². The van der Waals surface area contributed by atoms with Crippen LogP contribution in [-0.2, 0) is 11.3 Å². The Morgan fingerprint density at radius 2 is 2.00 bits per heavy atom. The molecule has 22 heavy (non-hydrogen) atoms. The van der Waals surface area contributed by atoms with Gasteiger partial charge in [-0.3, -0.25) is 9.69 Å². The summed E-state index contributed by atoms with van der Waals surface area (Å²) in [6.45, 7) is 2.35. The lowest BCUT2D eigenvalue weighted by atomic mass is 9.85. The summed E-state index contributed by atoms with van der Waals surface area (Å²) in [4.78, 5) is 16.8. The van der Waals surface area contributed by atoms with Crippen LogP contribution < -0.4 is 4.74 Å². The molecule has 0 aliphatic carbocycles. The highest BCUT2D eigenvalue weighted by atomic mass is 19.1. The molecule has 2 fully saturated rings. The van der Waals surface area contributed by atoms with Crippen molar-refractivity contribution in [3.63, 3.8) is 0 Å². The summed E-state index contributed by atoms with van der Waals surface area (Å²) in [5, 5.41) is 0. The lowest BCUT2D eigenvalue weighted by Crippen LogP contribution is -2.58. The van der Waals surface area contributed by atoms with Crippen molar-refractivity contribution >= 4 is 5.91 Å². The van der Waals surface area contributed by atoms with Crippen LogP contribution in [-0.4, -0.2) is 48.5 Å². The first-order valence-corrected chi connectivity index (χ1v) is 7.90. The number of carbonyl (C=O) groups is 1. The highest BCUT2D eigenvalue weighted by Gasteiger charge is 2.49. The fourth-order valence-corrected chi connectivity index (χ4v) is 3.89. The van der Waals surface area contributed by atoms with E-state index in [1.807, 2.05) is 18.0 Å². The molecular weight excluding hydrogens is 283 g/mol. The van der Waals surface area contributed by atoms with Crippen LogP contribution in [0.1, 0.15) is 31.2 Å². The van der Waals surface area contributed by atoms with E-state index in [4.69, 9.17) is 4.74 Å². The summed E-state index contributed by atoms with van der Waals surface area (Å²) < 4.78 is 18.8. The number of likely N-dealkylation sites (N-methyl/N-ethyl adjacent to an activating group) is 1. The van der Waals surface area contributed by atoms with Crippen LogP contribution in [0.2, 0.25) is 0 Å². The molecule has 1 unspecified atom stereocenters. The van der Waals surface area contributed by atoms with Crippen molar-refractivity contribution in [2.45, 2.75) is 37.8 Å². The summed E-state index contributed by atoms with van der Waals surface area (Å²) in [7, 11) is 3.34. The minimum Gasteiger partial charge on any atom is -0.494 e. The predicted octanol–water partition coefficient (Wildman–Crippen LogP) is 2.42. The van der Waals surface area contributed by atoms with E-state index in [0.717, 1.165) is 44.3 Å². The Kier molecular flexibility index (Phi) is 4.08. The Bertz CT molecular complexity index is 578. The van der Waals surface area contributed by atoms with Gasteiger partial charge in [0.1, 0.15) is 5.54 Å². The number of carbonyl (C=O) groups excluding carboxylic acids is 1. The summed E-state index contributed by atoms with van der Waals surface area (Å²) in [5.41, 5.74) is 0.518. The first-order chi connectivity index (χ1) is 10.6. The SMILES string of the molecule is COc1ccc(CN2CCCC23CCCN(C)C3=O)cc1F. The summed E-state index contributed by atoms with van der Waals surface area (Å²) in [6, 6.07) is 5.05. The fourth-order valence-electron chi connectivity index (χ4n) is 3.89. The molecule has 1 spiro atoms. The third-order valence-electron chi connectivity index (χ3n) is 5.04. The highest BCUT2D eigenvalue weighted by Crippen LogP contribution is 2.39. The zero-order valence-corrected chi connectivity index (χ0v) is 13.3. The van der Waals surface area contributed by atoms with Crippen molar-refractivity contribution in [1.82, 2.24) is 9.80 Å². The molecule has 2 saturated heterocycles. The van der Waals surface area contributed by atoms with Crippen molar-refractivity contribution in [3.8, 4) is 5.75 Å². The minimum atomic E-state index is -0.372. The van der Waals surface area contributed by atoms with Crippen molar-refractivity contribution in [2.75, 3.05) is 27.2 Å². The second-order valence-electron chi connectivity index (χ2n) is 6.36. The van der Waals surface area contributed by atoms with Gasteiger partial charge < -0.3 is 9.64 Å². The first-order valence-electron chi connectivity index (χ1n) is 7.90. The Morgan fingerprint density at radius 3 is 2.68 bits per heavy atom. The molecule has 0 radical (unpaired) electrons. The van der Waals surface area contributed by atoms with Gasteiger partial charge in [-0.2, -0.15) is 0 Å². The number of likely N-dealkylation sites (tertiary alicyclic amines) is 2. The van der Waals surface area contributed by atoms with Crippen molar-refractivity contribution in [2.24, 2.45) is 0 Å². The zero-order chi connectivity index (χ0) is 15.7. The van der Waals surface area contributed by atoms with Crippen LogP contribution in [0.5, 0.6) is 5.75 Å². The number of piperidine rings is 1. The molecule has 0 bridgehead atoms. The number of hydrogen-bond donors (Lipinski definition) is 0. The molecular formula is C17H23FN2O2. The fraction of sp³-hybridized carbons (Fsp3) is 0.588.